The number of fused-ring (bicyclic) bond motifs is 1. The number of hydrogen-bond donors (Lipinski definition) is 3. The number of rotatable bonds is 5. The molecule has 1 aliphatic rings. The number of nitrogens with one attached hydrogen (secondary N) is 2. The zero-order valence-electron chi connectivity index (χ0n) is 18.5. The van der Waals surface area contributed by atoms with Gasteiger partial charge in [-0.05, 0) is 38.0 Å². The third-order valence-corrected chi connectivity index (χ3v) is 5.25. The molecule has 0 amide bonds. The largest absolute Gasteiger partial charge is 0.490 e. The Hall–Kier alpha value is -3.70. The number of nitrogens with zero attached hydrogens (tertiary/aromatic N) is 4. The average molecular weight is 480 g/mol. The van der Waals surface area contributed by atoms with Gasteiger partial charge >= 0.3 is 12.1 Å². The minimum Gasteiger partial charge on any atom is -0.475 e. The number of aliphatic carboxylic acids is 1. The normalized spacial score (nSPS) is 15.6. The first-order valence-corrected chi connectivity index (χ1v) is 10.5. The maximum atomic E-state index is 13.5. The molecule has 182 valence electrons. The molecule has 1 fully saturated rings. The van der Waals surface area contributed by atoms with Crippen molar-refractivity contribution in [1.82, 2.24) is 15.0 Å². The summed E-state index contributed by atoms with van der Waals surface area (Å²) >= 11 is 0. The summed E-state index contributed by atoms with van der Waals surface area (Å²) in [6.45, 7) is 3.69. The van der Waals surface area contributed by atoms with Crippen molar-refractivity contribution in [3.8, 4) is 0 Å². The molecule has 1 aliphatic heterocycles. The van der Waals surface area contributed by atoms with Crippen LogP contribution in [0.15, 0.2) is 36.7 Å². The Balaban J connectivity index is 0.000000406. The lowest BCUT2D eigenvalue weighted by Gasteiger charge is -2.26. The minimum absolute atomic E-state index is 0.266. The third kappa shape index (κ3) is 6.21. The number of hydrogen-bond acceptors (Lipinski definition) is 7. The van der Waals surface area contributed by atoms with Crippen LogP contribution in [0.2, 0.25) is 0 Å². The highest BCUT2D eigenvalue weighted by Crippen LogP contribution is 2.27. The Morgan fingerprint density at radius 1 is 1.24 bits per heavy atom. The summed E-state index contributed by atoms with van der Waals surface area (Å²) in [6, 6.07) is 9.09. The van der Waals surface area contributed by atoms with Crippen LogP contribution in [0.25, 0.3) is 10.9 Å². The van der Waals surface area contributed by atoms with Gasteiger partial charge in [0.2, 0.25) is 0 Å². The van der Waals surface area contributed by atoms with Gasteiger partial charge < -0.3 is 20.6 Å². The van der Waals surface area contributed by atoms with Crippen molar-refractivity contribution in [2.75, 3.05) is 35.7 Å². The summed E-state index contributed by atoms with van der Waals surface area (Å²) in [5, 5.41) is 14.7. The number of alkyl halides is 3. The first kappa shape index (κ1) is 24.9. The fourth-order valence-corrected chi connectivity index (χ4v) is 3.70. The van der Waals surface area contributed by atoms with E-state index in [4.69, 9.17) is 9.90 Å². The predicted octanol–water partition coefficient (Wildman–Crippen LogP) is 4.23. The summed E-state index contributed by atoms with van der Waals surface area (Å²) in [4.78, 5) is 24.3. The quantitative estimate of drug-likeness (QED) is 0.467. The minimum atomic E-state index is -5.08. The van der Waals surface area contributed by atoms with Crippen LogP contribution in [0.3, 0.4) is 0 Å². The van der Waals surface area contributed by atoms with Crippen LogP contribution in [0.4, 0.5) is 34.9 Å². The first-order valence-electron chi connectivity index (χ1n) is 10.5. The first-order chi connectivity index (χ1) is 16.1. The standard InChI is InChI=1S/C20H23FN6.C2HF3O2/c1-13-8-17(16-6-5-14(21)9-18(16)26-13)23-11-15-4-3-7-27(15)20-10-19(22-2)24-12-25-20;3-2(4,5)1(6)7/h5-6,8-10,12,15H,3-4,7,11H2,1-2H3,(H,23,26)(H,22,24,25);(H,6,7). The van der Waals surface area contributed by atoms with E-state index in [-0.39, 0.29) is 5.82 Å². The molecule has 3 heterocycles. The SMILES string of the molecule is CNc1cc(N2CCCC2CNc2cc(C)nc3cc(F)ccc23)ncn1.O=C(O)C(F)(F)F. The lowest BCUT2D eigenvalue weighted by atomic mass is 10.1. The number of anilines is 3. The van der Waals surface area contributed by atoms with E-state index in [1.54, 1.807) is 12.4 Å². The predicted molar refractivity (Wildman–Crippen MR) is 121 cm³/mol. The van der Waals surface area contributed by atoms with Gasteiger partial charge in [0.05, 0.1) is 5.52 Å². The van der Waals surface area contributed by atoms with Crippen molar-refractivity contribution in [3.63, 3.8) is 0 Å². The van der Waals surface area contributed by atoms with E-state index >= 15 is 0 Å². The smallest absolute Gasteiger partial charge is 0.475 e. The number of carboxylic acid groups (broad SMARTS) is 1. The van der Waals surface area contributed by atoms with Gasteiger partial charge in [-0.1, -0.05) is 0 Å². The van der Waals surface area contributed by atoms with Gasteiger partial charge in [0.1, 0.15) is 23.8 Å². The maximum absolute atomic E-state index is 13.5. The lowest BCUT2D eigenvalue weighted by Crippen LogP contribution is -2.35. The summed E-state index contributed by atoms with van der Waals surface area (Å²) < 4.78 is 45.3. The molecule has 1 saturated heterocycles. The molecule has 4 rings (SSSR count). The van der Waals surface area contributed by atoms with Crippen LogP contribution in [-0.4, -0.2) is 58.4 Å². The van der Waals surface area contributed by atoms with E-state index in [0.29, 0.717) is 11.6 Å². The van der Waals surface area contributed by atoms with Crippen molar-refractivity contribution in [2.45, 2.75) is 32.0 Å². The van der Waals surface area contributed by atoms with Gasteiger partial charge in [-0.2, -0.15) is 13.2 Å². The number of aromatic nitrogens is 3. The Morgan fingerprint density at radius 2 is 1.97 bits per heavy atom. The molecule has 3 N–H and O–H groups in total. The summed E-state index contributed by atoms with van der Waals surface area (Å²) in [7, 11) is 1.86. The Bertz CT molecular complexity index is 1150. The molecule has 1 aromatic carbocycles. The summed E-state index contributed by atoms with van der Waals surface area (Å²) in [5.41, 5.74) is 2.53. The number of carboxylic acids is 1. The lowest BCUT2D eigenvalue weighted by molar-refractivity contribution is -0.192. The Labute approximate surface area is 193 Å². The summed E-state index contributed by atoms with van der Waals surface area (Å²) in [6.07, 6.45) is -1.26. The molecule has 8 nitrogen and oxygen atoms in total. The van der Waals surface area contributed by atoms with Crippen LogP contribution in [0.5, 0.6) is 0 Å². The topological polar surface area (TPSA) is 103 Å². The number of carbonyl (C=O) groups is 1. The molecule has 1 unspecified atom stereocenters. The third-order valence-electron chi connectivity index (χ3n) is 5.25. The number of benzene rings is 1. The van der Waals surface area contributed by atoms with Gasteiger partial charge in [0, 0.05) is 55.1 Å². The zero-order chi connectivity index (χ0) is 24.9. The van der Waals surface area contributed by atoms with E-state index in [2.05, 4.69) is 30.5 Å². The molecule has 0 bridgehead atoms. The molecular weight excluding hydrogens is 456 g/mol. The number of halogens is 4. The second-order valence-electron chi connectivity index (χ2n) is 7.66. The van der Waals surface area contributed by atoms with Crippen molar-refractivity contribution in [1.29, 1.82) is 0 Å². The molecule has 0 spiro atoms. The van der Waals surface area contributed by atoms with Crippen LogP contribution in [0.1, 0.15) is 18.5 Å². The molecular formula is C22H24F4N6O2. The van der Waals surface area contributed by atoms with Crippen LogP contribution < -0.4 is 15.5 Å². The molecule has 12 heteroatoms. The highest BCUT2D eigenvalue weighted by Gasteiger charge is 2.38. The van der Waals surface area contributed by atoms with Crippen molar-refractivity contribution >= 4 is 34.2 Å². The van der Waals surface area contributed by atoms with Crippen LogP contribution >= 0.6 is 0 Å². The summed E-state index contributed by atoms with van der Waals surface area (Å²) in [5.74, 6) is -1.27. The monoisotopic (exact) mass is 480 g/mol. The number of pyridine rings is 1. The molecule has 0 aliphatic carbocycles. The van der Waals surface area contributed by atoms with Gasteiger partial charge in [0.15, 0.2) is 0 Å². The molecule has 3 aromatic rings. The molecule has 0 saturated carbocycles. The second-order valence-corrected chi connectivity index (χ2v) is 7.66. The Morgan fingerprint density at radius 3 is 2.65 bits per heavy atom. The average Bonchev–Trinajstić information content (AvgIpc) is 3.25. The van der Waals surface area contributed by atoms with Gasteiger partial charge in [-0.3, -0.25) is 4.98 Å². The molecule has 1 atom stereocenters. The van der Waals surface area contributed by atoms with Crippen molar-refractivity contribution in [3.05, 3.63) is 48.2 Å². The van der Waals surface area contributed by atoms with Crippen LogP contribution in [-0.2, 0) is 4.79 Å². The maximum Gasteiger partial charge on any atom is 0.490 e. The molecule has 34 heavy (non-hydrogen) atoms. The van der Waals surface area contributed by atoms with E-state index in [9.17, 15) is 17.6 Å². The zero-order valence-corrected chi connectivity index (χ0v) is 18.5. The number of aryl methyl sites for hydroxylation is 1. The van der Waals surface area contributed by atoms with Crippen molar-refractivity contribution in [2.24, 2.45) is 0 Å². The fraction of sp³-hybridized carbons (Fsp3) is 0.364. The van der Waals surface area contributed by atoms with Gasteiger partial charge in [-0.15, -0.1) is 0 Å². The molecule has 0 radical (unpaired) electrons. The van der Waals surface area contributed by atoms with E-state index in [1.807, 2.05) is 26.1 Å². The van der Waals surface area contributed by atoms with E-state index in [1.165, 1.54) is 12.1 Å². The van der Waals surface area contributed by atoms with E-state index < -0.39 is 12.1 Å². The van der Waals surface area contributed by atoms with Gasteiger partial charge in [0.25, 0.3) is 0 Å². The molecule has 2 aromatic heterocycles. The van der Waals surface area contributed by atoms with Crippen molar-refractivity contribution < 1.29 is 27.5 Å². The second kappa shape index (κ2) is 10.5. The highest BCUT2D eigenvalue weighted by atomic mass is 19.4. The van der Waals surface area contributed by atoms with E-state index in [0.717, 1.165) is 54.3 Å². The Kier molecular flexibility index (Phi) is 7.69. The van der Waals surface area contributed by atoms with Crippen LogP contribution in [0, 0.1) is 12.7 Å². The fourth-order valence-electron chi connectivity index (χ4n) is 3.70. The highest BCUT2D eigenvalue weighted by molar-refractivity contribution is 5.91. The van der Waals surface area contributed by atoms with Gasteiger partial charge in [-0.25, -0.2) is 19.2 Å².